The van der Waals surface area contributed by atoms with Gasteiger partial charge in [0.15, 0.2) is 5.54 Å². The van der Waals surface area contributed by atoms with Crippen molar-refractivity contribution in [3.63, 3.8) is 0 Å². The van der Waals surface area contributed by atoms with Crippen LogP contribution >= 0.6 is 0 Å². The van der Waals surface area contributed by atoms with Crippen LogP contribution in [0.2, 0.25) is 0 Å². The quantitative estimate of drug-likeness (QED) is 0.348. The van der Waals surface area contributed by atoms with E-state index in [1.165, 1.54) is 4.90 Å². The number of para-hydroxylation sites is 1. The van der Waals surface area contributed by atoms with Gasteiger partial charge in [0.1, 0.15) is 17.6 Å². The minimum absolute atomic E-state index is 0.00874. The van der Waals surface area contributed by atoms with Gasteiger partial charge >= 0.3 is 0 Å². The van der Waals surface area contributed by atoms with E-state index in [2.05, 4.69) is 4.90 Å². The van der Waals surface area contributed by atoms with Crippen LogP contribution in [0.25, 0.3) is 5.76 Å². The van der Waals surface area contributed by atoms with Gasteiger partial charge in [-0.2, -0.15) is 0 Å². The van der Waals surface area contributed by atoms with Crippen LogP contribution in [0, 0.1) is 0 Å². The minimum Gasteiger partial charge on any atom is -0.507 e. The van der Waals surface area contributed by atoms with E-state index in [-0.39, 0.29) is 24.0 Å². The Morgan fingerprint density at radius 1 is 1.08 bits per heavy atom. The topological polar surface area (TPSA) is 99.6 Å². The first kappa shape index (κ1) is 25.6. The van der Waals surface area contributed by atoms with Gasteiger partial charge < -0.3 is 24.4 Å². The first-order valence-corrected chi connectivity index (χ1v) is 13.7. The van der Waals surface area contributed by atoms with Crippen LogP contribution in [0.5, 0.6) is 5.75 Å². The number of nitrogens with zero attached hydrogens (tertiary/aromatic N) is 3. The number of morpholine rings is 1. The molecule has 204 valence electrons. The molecule has 4 aliphatic heterocycles. The summed E-state index contributed by atoms with van der Waals surface area (Å²) in [5.41, 5.74) is 0.595. The summed E-state index contributed by atoms with van der Waals surface area (Å²) in [6, 6.07) is 12.5. The number of aliphatic hydroxyl groups excluding tert-OH is 1. The summed E-state index contributed by atoms with van der Waals surface area (Å²) in [6.07, 6.45) is 1.25. The van der Waals surface area contributed by atoms with Crippen LogP contribution in [0.15, 0.2) is 48.0 Å². The number of likely N-dealkylation sites (N-methyl/N-ethyl adjacent to an activating group) is 1. The zero-order valence-electron chi connectivity index (χ0n) is 22.3. The Kier molecular flexibility index (Phi) is 6.43. The molecule has 2 aromatic rings. The molecule has 9 nitrogen and oxygen atoms in total. The van der Waals surface area contributed by atoms with Crippen molar-refractivity contribution in [3.05, 3.63) is 64.7 Å². The molecule has 1 spiro atoms. The predicted octanol–water partition coefficient (Wildman–Crippen LogP) is 2.67. The van der Waals surface area contributed by atoms with E-state index in [0.717, 1.165) is 24.4 Å². The third kappa shape index (κ3) is 3.86. The SMILES string of the molecule is CCN1C(=O)[C@@]2(C(=C(O)c3ccc4c(c3)C[C@@H](C)O4)C(=O)C(=O)N2CCCN2CCOCC2)c2ccccc21. The Morgan fingerprint density at radius 2 is 1.85 bits per heavy atom. The Labute approximate surface area is 227 Å². The molecule has 0 saturated carbocycles. The average Bonchev–Trinajstić information content (AvgIpc) is 3.52. The standard InChI is InChI=1S/C30H33N3O6/c1-3-32-23-8-5-4-7-22(23)30(29(32)37)25(26(34)20-9-10-24-21(18-20)17-19(2)39-24)27(35)28(36)33(30)12-6-11-31-13-15-38-16-14-31/h4-5,7-10,18-19,34H,3,6,11-17H2,1-2H3/t19-,30+/m1/s1. The molecule has 2 atom stereocenters. The second-order valence-corrected chi connectivity index (χ2v) is 10.5. The van der Waals surface area contributed by atoms with E-state index in [1.807, 2.05) is 26.0 Å². The van der Waals surface area contributed by atoms with Gasteiger partial charge in [-0.15, -0.1) is 0 Å². The molecular weight excluding hydrogens is 498 g/mol. The van der Waals surface area contributed by atoms with Gasteiger partial charge in [0.2, 0.25) is 0 Å². The fourth-order valence-electron chi connectivity index (χ4n) is 6.47. The molecule has 0 aromatic heterocycles. The number of aliphatic hydroxyl groups is 1. The molecular formula is C30H33N3O6. The number of benzene rings is 2. The number of amides is 2. The molecule has 0 radical (unpaired) electrons. The lowest BCUT2D eigenvalue weighted by atomic mass is 9.81. The number of hydrogen-bond acceptors (Lipinski definition) is 7. The zero-order chi connectivity index (χ0) is 27.3. The predicted molar refractivity (Wildman–Crippen MR) is 145 cm³/mol. The molecule has 2 saturated heterocycles. The Bertz CT molecular complexity index is 1380. The van der Waals surface area contributed by atoms with E-state index < -0.39 is 23.1 Å². The molecule has 0 unspecified atom stereocenters. The number of rotatable bonds is 6. The van der Waals surface area contributed by atoms with Crippen molar-refractivity contribution in [1.82, 2.24) is 9.80 Å². The van der Waals surface area contributed by atoms with Crippen LogP contribution < -0.4 is 9.64 Å². The molecule has 0 aliphatic carbocycles. The summed E-state index contributed by atoms with van der Waals surface area (Å²) in [6.45, 7) is 8.02. The van der Waals surface area contributed by atoms with Crippen molar-refractivity contribution in [2.24, 2.45) is 0 Å². The van der Waals surface area contributed by atoms with E-state index in [9.17, 15) is 19.5 Å². The van der Waals surface area contributed by atoms with Crippen LogP contribution in [0.4, 0.5) is 5.69 Å². The third-order valence-corrected chi connectivity index (χ3v) is 8.25. The maximum absolute atomic E-state index is 14.3. The summed E-state index contributed by atoms with van der Waals surface area (Å²) in [7, 11) is 0. The maximum Gasteiger partial charge on any atom is 0.296 e. The van der Waals surface area contributed by atoms with Crippen LogP contribution in [0.3, 0.4) is 0 Å². The third-order valence-electron chi connectivity index (χ3n) is 8.25. The van der Waals surface area contributed by atoms with Crippen molar-refractivity contribution < 1.29 is 29.0 Å². The number of carbonyl (C=O) groups is 3. The molecule has 2 amide bonds. The summed E-state index contributed by atoms with van der Waals surface area (Å²) in [4.78, 5) is 47.0. The summed E-state index contributed by atoms with van der Waals surface area (Å²) in [5.74, 6) is -1.61. The average molecular weight is 532 g/mol. The van der Waals surface area contributed by atoms with Crippen molar-refractivity contribution in [2.45, 2.75) is 38.3 Å². The fraction of sp³-hybridized carbons (Fsp3) is 0.433. The summed E-state index contributed by atoms with van der Waals surface area (Å²) < 4.78 is 11.2. The number of anilines is 1. The molecule has 2 fully saturated rings. The van der Waals surface area contributed by atoms with Crippen molar-refractivity contribution in [2.75, 3.05) is 50.8 Å². The summed E-state index contributed by atoms with van der Waals surface area (Å²) in [5, 5.41) is 11.7. The van der Waals surface area contributed by atoms with Gasteiger partial charge in [-0.1, -0.05) is 18.2 Å². The van der Waals surface area contributed by atoms with Gasteiger partial charge in [0, 0.05) is 50.3 Å². The molecule has 2 aromatic carbocycles. The van der Waals surface area contributed by atoms with Crippen molar-refractivity contribution in [1.29, 1.82) is 0 Å². The van der Waals surface area contributed by atoms with Gasteiger partial charge in [-0.05, 0) is 50.1 Å². The molecule has 1 N–H and O–H groups in total. The number of ether oxygens (including phenoxy) is 2. The number of carbonyl (C=O) groups excluding carboxylic acids is 3. The van der Waals surface area contributed by atoms with Crippen molar-refractivity contribution in [3.8, 4) is 5.75 Å². The van der Waals surface area contributed by atoms with Gasteiger partial charge in [0.05, 0.1) is 24.5 Å². The van der Waals surface area contributed by atoms with E-state index in [1.54, 1.807) is 35.2 Å². The van der Waals surface area contributed by atoms with Crippen LogP contribution in [-0.4, -0.2) is 84.5 Å². The van der Waals surface area contributed by atoms with Gasteiger partial charge in [-0.25, -0.2) is 0 Å². The minimum atomic E-state index is -1.72. The van der Waals surface area contributed by atoms with Crippen LogP contribution in [0.1, 0.15) is 37.0 Å². The number of Topliss-reactive ketones (excluding diaryl/α,β-unsaturated/α-hetero) is 1. The molecule has 9 heteroatoms. The normalized spacial score (nSPS) is 25.9. The molecule has 39 heavy (non-hydrogen) atoms. The lowest BCUT2D eigenvalue weighted by molar-refractivity contribution is -0.143. The Balaban J connectivity index is 1.48. The van der Waals surface area contributed by atoms with E-state index >= 15 is 0 Å². The van der Waals surface area contributed by atoms with Gasteiger partial charge in [-0.3, -0.25) is 19.3 Å². The Morgan fingerprint density at radius 3 is 2.62 bits per heavy atom. The highest BCUT2D eigenvalue weighted by Gasteiger charge is 2.66. The molecule has 0 bridgehead atoms. The highest BCUT2D eigenvalue weighted by molar-refractivity contribution is 6.50. The highest BCUT2D eigenvalue weighted by atomic mass is 16.5. The second-order valence-electron chi connectivity index (χ2n) is 10.5. The number of fused-ring (bicyclic) bond motifs is 3. The largest absolute Gasteiger partial charge is 0.507 e. The Hall–Kier alpha value is -3.69. The first-order chi connectivity index (χ1) is 18.9. The second kappa shape index (κ2) is 9.81. The summed E-state index contributed by atoms with van der Waals surface area (Å²) >= 11 is 0. The number of hydrogen-bond donors (Lipinski definition) is 1. The monoisotopic (exact) mass is 531 g/mol. The molecule has 4 aliphatic rings. The molecule has 4 heterocycles. The van der Waals surface area contributed by atoms with Crippen molar-refractivity contribution >= 4 is 29.0 Å². The van der Waals surface area contributed by atoms with Gasteiger partial charge in [0.25, 0.3) is 17.6 Å². The van der Waals surface area contributed by atoms with E-state index in [0.29, 0.717) is 56.0 Å². The lowest BCUT2D eigenvalue weighted by Gasteiger charge is -2.35. The lowest BCUT2D eigenvalue weighted by Crippen LogP contribution is -2.52. The van der Waals surface area contributed by atoms with E-state index in [4.69, 9.17) is 9.47 Å². The first-order valence-electron chi connectivity index (χ1n) is 13.7. The molecule has 6 rings (SSSR count). The zero-order valence-corrected chi connectivity index (χ0v) is 22.3. The fourth-order valence-corrected chi connectivity index (χ4v) is 6.47. The van der Waals surface area contributed by atoms with Crippen LogP contribution in [-0.2, 0) is 31.1 Å². The maximum atomic E-state index is 14.3. The smallest absolute Gasteiger partial charge is 0.296 e. The highest BCUT2D eigenvalue weighted by Crippen LogP contribution is 2.53. The number of likely N-dealkylation sites (tertiary alicyclic amines) is 1. The number of ketones is 1.